The summed E-state index contributed by atoms with van der Waals surface area (Å²) in [7, 11) is -1.94. The highest BCUT2D eigenvalue weighted by Gasteiger charge is 2.31. The Kier molecular flexibility index (Phi) is 5.06. The number of halogens is 1. The van der Waals surface area contributed by atoms with Crippen molar-refractivity contribution in [2.45, 2.75) is 36.7 Å². The smallest absolute Gasteiger partial charge is 0.260 e. The number of nitrogens with zero attached hydrogens (tertiary/aromatic N) is 3. The molecule has 0 bridgehead atoms. The van der Waals surface area contributed by atoms with Crippen molar-refractivity contribution in [3.05, 3.63) is 11.8 Å². The van der Waals surface area contributed by atoms with E-state index in [0.717, 1.165) is 25.9 Å². The van der Waals surface area contributed by atoms with Crippen LogP contribution in [0.3, 0.4) is 0 Å². The van der Waals surface area contributed by atoms with Crippen LogP contribution in [0, 0.1) is 0 Å². The Morgan fingerprint density at radius 3 is 3.00 bits per heavy atom. The largest absolute Gasteiger partial charge is 0.299 e. The highest BCUT2D eigenvalue weighted by atomic mass is 35.5. The molecule has 1 saturated heterocycles. The van der Waals surface area contributed by atoms with Crippen molar-refractivity contribution >= 4 is 21.6 Å². The number of hydrogen-bond acceptors (Lipinski definition) is 4. The SMILES string of the molecule is CCN1CCCC1CN(C)S(=O)(=O)c1[nH]ncc1CCl. The highest BCUT2D eigenvalue weighted by Crippen LogP contribution is 2.22. The van der Waals surface area contributed by atoms with Crippen LogP contribution in [0.1, 0.15) is 25.3 Å². The number of rotatable bonds is 6. The predicted octanol–water partition coefficient (Wildman–Crippen LogP) is 1.25. The molecule has 1 aliphatic heterocycles. The molecule has 2 rings (SSSR count). The van der Waals surface area contributed by atoms with Crippen molar-refractivity contribution in [3.63, 3.8) is 0 Å². The zero-order valence-electron chi connectivity index (χ0n) is 11.8. The molecule has 0 aromatic carbocycles. The van der Waals surface area contributed by atoms with Gasteiger partial charge in [0.05, 0.1) is 12.1 Å². The van der Waals surface area contributed by atoms with E-state index in [0.29, 0.717) is 18.2 Å². The zero-order valence-corrected chi connectivity index (χ0v) is 13.4. The lowest BCUT2D eigenvalue weighted by atomic mass is 10.2. The third-order valence-electron chi connectivity index (χ3n) is 3.86. The number of alkyl halides is 1. The van der Waals surface area contributed by atoms with E-state index in [1.165, 1.54) is 10.5 Å². The van der Waals surface area contributed by atoms with Gasteiger partial charge in [-0.2, -0.15) is 9.40 Å². The van der Waals surface area contributed by atoms with Crippen LogP contribution >= 0.6 is 11.6 Å². The van der Waals surface area contributed by atoms with Crippen molar-refractivity contribution in [2.24, 2.45) is 0 Å². The number of likely N-dealkylation sites (tertiary alicyclic amines) is 1. The van der Waals surface area contributed by atoms with E-state index in [4.69, 9.17) is 11.6 Å². The zero-order chi connectivity index (χ0) is 14.8. The Bertz CT molecular complexity index is 545. The molecule has 0 spiro atoms. The van der Waals surface area contributed by atoms with Crippen molar-refractivity contribution in [2.75, 3.05) is 26.7 Å². The monoisotopic (exact) mass is 320 g/mol. The number of aromatic nitrogens is 2. The number of nitrogens with one attached hydrogen (secondary N) is 1. The fourth-order valence-electron chi connectivity index (χ4n) is 2.69. The minimum absolute atomic E-state index is 0.107. The Morgan fingerprint density at radius 1 is 1.60 bits per heavy atom. The molecule has 20 heavy (non-hydrogen) atoms. The van der Waals surface area contributed by atoms with Gasteiger partial charge in [-0.05, 0) is 25.9 Å². The number of sulfonamides is 1. The lowest BCUT2D eigenvalue weighted by Gasteiger charge is -2.27. The molecule has 114 valence electrons. The molecular weight excluding hydrogens is 300 g/mol. The minimum Gasteiger partial charge on any atom is -0.299 e. The molecule has 1 unspecified atom stereocenters. The molecule has 1 aromatic heterocycles. The third-order valence-corrected chi connectivity index (χ3v) is 5.99. The van der Waals surface area contributed by atoms with Gasteiger partial charge < -0.3 is 0 Å². The fraction of sp³-hybridized carbons (Fsp3) is 0.750. The Balaban J connectivity index is 2.13. The summed E-state index contributed by atoms with van der Waals surface area (Å²) in [4.78, 5) is 2.32. The summed E-state index contributed by atoms with van der Waals surface area (Å²) in [5, 5.41) is 6.44. The molecular formula is C12H21ClN4O2S. The minimum atomic E-state index is -3.55. The standard InChI is InChI=1S/C12H21ClN4O2S/c1-3-17-6-4-5-11(17)9-16(2)20(18,19)12-10(7-13)8-14-15-12/h8,11H,3-7,9H2,1-2H3,(H,14,15). The average molecular weight is 321 g/mol. The Morgan fingerprint density at radius 2 is 2.35 bits per heavy atom. The first-order chi connectivity index (χ1) is 9.50. The van der Waals surface area contributed by atoms with Crippen LogP contribution in [0.15, 0.2) is 11.2 Å². The summed E-state index contributed by atoms with van der Waals surface area (Å²) >= 11 is 5.75. The number of H-pyrrole nitrogens is 1. The van der Waals surface area contributed by atoms with E-state index >= 15 is 0 Å². The maximum Gasteiger partial charge on any atom is 0.260 e. The maximum atomic E-state index is 12.5. The topological polar surface area (TPSA) is 69.3 Å². The van der Waals surface area contributed by atoms with Gasteiger partial charge in [0, 0.05) is 25.2 Å². The second-order valence-corrected chi connectivity index (χ2v) is 7.32. The molecule has 1 aliphatic rings. The normalized spacial score (nSPS) is 20.9. The average Bonchev–Trinajstić information content (AvgIpc) is 3.06. The summed E-state index contributed by atoms with van der Waals surface area (Å²) in [6.07, 6.45) is 3.63. The molecule has 2 heterocycles. The first kappa shape index (κ1) is 15.8. The summed E-state index contributed by atoms with van der Waals surface area (Å²) in [6, 6.07) is 0.294. The van der Waals surface area contributed by atoms with Crippen LogP contribution in [0.4, 0.5) is 0 Å². The van der Waals surface area contributed by atoms with Gasteiger partial charge in [-0.3, -0.25) is 10.00 Å². The Labute approximate surface area is 125 Å². The molecule has 0 saturated carbocycles. The van der Waals surface area contributed by atoms with Gasteiger partial charge in [0.25, 0.3) is 10.0 Å². The van der Waals surface area contributed by atoms with Gasteiger partial charge in [-0.1, -0.05) is 6.92 Å². The van der Waals surface area contributed by atoms with Crippen LogP contribution in [-0.2, 0) is 15.9 Å². The van der Waals surface area contributed by atoms with Gasteiger partial charge in [0.1, 0.15) is 0 Å². The van der Waals surface area contributed by atoms with Gasteiger partial charge in [-0.15, -0.1) is 11.6 Å². The van der Waals surface area contributed by atoms with Gasteiger partial charge in [0.15, 0.2) is 5.03 Å². The van der Waals surface area contributed by atoms with Crippen LogP contribution in [0.2, 0.25) is 0 Å². The number of hydrogen-bond donors (Lipinski definition) is 1. The molecule has 6 nitrogen and oxygen atoms in total. The summed E-state index contributed by atoms with van der Waals surface area (Å²) in [6.45, 7) is 4.60. The van der Waals surface area contributed by atoms with Crippen LogP contribution in [0.5, 0.6) is 0 Å². The highest BCUT2D eigenvalue weighted by molar-refractivity contribution is 7.89. The molecule has 8 heteroatoms. The molecule has 1 N–H and O–H groups in total. The second kappa shape index (κ2) is 6.43. The van der Waals surface area contributed by atoms with E-state index in [2.05, 4.69) is 22.0 Å². The quantitative estimate of drug-likeness (QED) is 0.801. The van der Waals surface area contributed by atoms with Gasteiger partial charge >= 0.3 is 0 Å². The van der Waals surface area contributed by atoms with E-state index in [9.17, 15) is 8.42 Å². The van der Waals surface area contributed by atoms with E-state index < -0.39 is 10.0 Å². The lowest BCUT2D eigenvalue weighted by molar-refractivity contribution is 0.237. The van der Waals surface area contributed by atoms with Crippen molar-refractivity contribution in [3.8, 4) is 0 Å². The fourth-order valence-corrected chi connectivity index (χ4v) is 4.27. The van der Waals surface area contributed by atoms with Crippen LogP contribution < -0.4 is 0 Å². The lowest BCUT2D eigenvalue weighted by Crippen LogP contribution is -2.41. The number of aromatic amines is 1. The Hall–Kier alpha value is -0.630. The second-order valence-electron chi connectivity index (χ2n) is 5.07. The van der Waals surface area contributed by atoms with Crippen molar-refractivity contribution in [1.82, 2.24) is 19.4 Å². The van der Waals surface area contributed by atoms with E-state index in [-0.39, 0.29) is 10.9 Å². The van der Waals surface area contributed by atoms with Crippen molar-refractivity contribution in [1.29, 1.82) is 0 Å². The molecule has 0 radical (unpaired) electrons. The van der Waals surface area contributed by atoms with E-state index in [1.807, 2.05) is 0 Å². The van der Waals surface area contributed by atoms with Crippen LogP contribution in [0.25, 0.3) is 0 Å². The number of likely N-dealkylation sites (N-methyl/N-ethyl adjacent to an activating group) is 2. The van der Waals surface area contributed by atoms with Gasteiger partial charge in [-0.25, -0.2) is 8.42 Å². The first-order valence-electron chi connectivity index (χ1n) is 6.79. The maximum absolute atomic E-state index is 12.5. The van der Waals surface area contributed by atoms with E-state index in [1.54, 1.807) is 7.05 Å². The first-order valence-corrected chi connectivity index (χ1v) is 8.76. The summed E-state index contributed by atoms with van der Waals surface area (Å²) in [5.41, 5.74) is 0.511. The molecule has 1 aromatic rings. The molecule has 0 amide bonds. The predicted molar refractivity (Wildman–Crippen MR) is 78.2 cm³/mol. The molecule has 0 aliphatic carbocycles. The summed E-state index contributed by atoms with van der Waals surface area (Å²) in [5.74, 6) is 0.128. The van der Waals surface area contributed by atoms with Crippen molar-refractivity contribution < 1.29 is 8.42 Å². The molecule has 1 fully saturated rings. The summed E-state index contributed by atoms with van der Waals surface area (Å²) < 4.78 is 26.5. The van der Waals surface area contributed by atoms with Gasteiger partial charge in [0.2, 0.25) is 0 Å². The van der Waals surface area contributed by atoms with Crippen LogP contribution in [-0.4, -0.2) is 60.5 Å². The molecule has 1 atom stereocenters. The third kappa shape index (κ3) is 3.00.